The molecular formula is C16H16ClN3O5S2. The fourth-order valence-corrected chi connectivity index (χ4v) is 6.00. The van der Waals surface area contributed by atoms with Crippen molar-refractivity contribution in [2.24, 2.45) is 0 Å². The highest BCUT2D eigenvalue weighted by molar-refractivity contribution is 7.91. The maximum absolute atomic E-state index is 12.7. The fraction of sp³-hybridized carbons (Fsp3) is 0.312. The number of carbonyl (C=O) groups is 1. The van der Waals surface area contributed by atoms with Crippen LogP contribution in [-0.4, -0.2) is 54.6 Å². The molecule has 27 heavy (non-hydrogen) atoms. The van der Waals surface area contributed by atoms with Gasteiger partial charge in [0.15, 0.2) is 0 Å². The lowest BCUT2D eigenvalue weighted by molar-refractivity contribution is -0.385. The zero-order valence-corrected chi connectivity index (χ0v) is 16.7. The normalized spacial score (nSPS) is 15.7. The summed E-state index contributed by atoms with van der Waals surface area (Å²) in [4.78, 5) is 24.9. The second kappa shape index (κ2) is 7.55. The SMILES string of the molecule is Cc1cccc(C(=O)N2CCN(S(=O)(=O)c3ccc(Cl)s3)CC2)c1[N+](=O)[O-]. The quantitative estimate of drug-likeness (QED) is 0.549. The number of benzene rings is 1. The number of rotatable bonds is 4. The molecule has 0 N–H and O–H groups in total. The van der Waals surface area contributed by atoms with Crippen molar-refractivity contribution in [1.29, 1.82) is 0 Å². The standard InChI is InChI=1S/C16H16ClN3O5S2/c1-11-3-2-4-12(15(11)20(22)23)16(21)18-7-9-19(10-8-18)27(24,25)14-6-5-13(17)26-14/h2-6H,7-10H2,1H3. The molecule has 2 heterocycles. The number of nitro groups is 1. The van der Waals surface area contributed by atoms with Crippen LogP contribution in [0.5, 0.6) is 0 Å². The molecule has 11 heteroatoms. The minimum Gasteiger partial charge on any atom is -0.336 e. The van der Waals surface area contributed by atoms with E-state index < -0.39 is 20.9 Å². The van der Waals surface area contributed by atoms with Crippen molar-refractivity contribution in [3.8, 4) is 0 Å². The van der Waals surface area contributed by atoms with Crippen molar-refractivity contribution in [2.75, 3.05) is 26.2 Å². The highest BCUT2D eigenvalue weighted by Crippen LogP contribution is 2.29. The fourth-order valence-electron chi connectivity index (χ4n) is 2.94. The molecule has 8 nitrogen and oxygen atoms in total. The van der Waals surface area contributed by atoms with E-state index in [0.29, 0.717) is 9.90 Å². The number of thiophene rings is 1. The van der Waals surface area contributed by atoms with Crippen LogP contribution in [0.25, 0.3) is 0 Å². The van der Waals surface area contributed by atoms with Crippen LogP contribution in [0.1, 0.15) is 15.9 Å². The van der Waals surface area contributed by atoms with Gasteiger partial charge < -0.3 is 4.90 Å². The number of carbonyl (C=O) groups excluding carboxylic acids is 1. The van der Waals surface area contributed by atoms with Gasteiger partial charge in [0.1, 0.15) is 9.77 Å². The number of aryl methyl sites for hydroxylation is 1. The number of hydrogen-bond donors (Lipinski definition) is 0. The molecule has 0 aliphatic carbocycles. The Kier molecular flexibility index (Phi) is 5.52. The van der Waals surface area contributed by atoms with E-state index >= 15 is 0 Å². The molecule has 3 rings (SSSR count). The van der Waals surface area contributed by atoms with E-state index in [1.807, 2.05) is 0 Å². The Labute approximate surface area is 165 Å². The van der Waals surface area contributed by atoms with Crippen LogP contribution in [-0.2, 0) is 10.0 Å². The van der Waals surface area contributed by atoms with Gasteiger partial charge >= 0.3 is 0 Å². The zero-order chi connectivity index (χ0) is 19.8. The third-order valence-electron chi connectivity index (χ3n) is 4.32. The number of sulfonamides is 1. The number of hydrogen-bond acceptors (Lipinski definition) is 6. The number of amides is 1. The van der Waals surface area contributed by atoms with Crippen LogP contribution < -0.4 is 0 Å². The lowest BCUT2D eigenvalue weighted by Crippen LogP contribution is -2.50. The highest BCUT2D eigenvalue weighted by atomic mass is 35.5. The van der Waals surface area contributed by atoms with Crippen molar-refractivity contribution in [3.63, 3.8) is 0 Å². The van der Waals surface area contributed by atoms with Gasteiger partial charge in [0.05, 0.1) is 9.26 Å². The summed E-state index contributed by atoms with van der Waals surface area (Å²) >= 11 is 6.80. The van der Waals surface area contributed by atoms with Crippen LogP contribution in [0.15, 0.2) is 34.5 Å². The Morgan fingerprint density at radius 1 is 1.19 bits per heavy atom. The number of halogens is 1. The Balaban J connectivity index is 1.76. The topological polar surface area (TPSA) is 101 Å². The smallest absolute Gasteiger partial charge is 0.285 e. The molecule has 1 amide bonds. The lowest BCUT2D eigenvalue weighted by Gasteiger charge is -2.33. The minimum atomic E-state index is -3.66. The maximum Gasteiger partial charge on any atom is 0.285 e. The van der Waals surface area contributed by atoms with Gasteiger partial charge in [-0.2, -0.15) is 4.31 Å². The molecule has 0 spiro atoms. The van der Waals surface area contributed by atoms with Gasteiger partial charge in [0.2, 0.25) is 0 Å². The van der Waals surface area contributed by atoms with Crippen molar-refractivity contribution in [2.45, 2.75) is 11.1 Å². The first kappa shape index (κ1) is 19.7. The first-order chi connectivity index (χ1) is 12.7. The summed E-state index contributed by atoms with van der Waals surface area (Å²) in [6.45, 7) is 2.11. The van der Waals surface area contributed by atoms with Gasteiger partial charge in [-0.25, -0.2) is 8.42 Å². The van der Waals surface area contributed by atoms with E-state index in [2.05, 4.69) is 0 Å². The molecule has 144 valence electrons. The first-order valence-electron chi connectivity index (χ1n) is 8.00. The van der Waals surface area contributed by atoms with Gasteiger partial charge in [0.25, 0.3) is 21.6 Å². The van der Waals surface area contributed by atoms with E-state index in [0.717, 1.165) is 11.3 Å². The van der Waals surface area contributed by atoms with Gasteiger partial charge in [0, 0.05) is 31.7 Å². The number of para-hydroxylation sites is 1. The lowest BCUT2D eigenvalue weighted by atomic mass is 10.1. The average molecular weight is 430 g/mol. The van der Waals surface area contributed by atoms with Crippen LogP contribution in [0.4, 0.5) is 5.69 Å². The Morgan fingerprint density at radius 2 is 1.85 bits per heavy atom. The van der Waals surface area contributed by atoms with Gasteiger partial charge in [-0.15, -0.1) is 11.3 Å². The summed E-state index contributed by atoms with van der Waals surface area (Å²) in [5, 5.41) is 11.3. The predicted octanol–water partition coefficient (Wildman–Crippen LogP) is 2.76. The van der Waals surface area contributed by atoms with Crippen molar-refractivity contribution in [1.82, 2.24) is 9.21 Å². The van der Waals surface area contributed by atoms with Gasteiger partial charge in [-0.1, -0.05) is 23.7 Å². The molecule has 2 aromatic rings. The van der Waals surface area contributed by atoms with Crippen molar-refractivity contribution < 1.29 is 18.1 Å². The van der Waals surface area contributed by atoms with Crippen LogP contribution in [0, 0.1) is 17.0 Å². The van der Waals surface area contributed by atoms with Crippen LogP contribution >= 0.6 is 22.9 Å². The summed E-state index contributed by atoms with van der Waals surface area (Å²) in [5.41, 5.74) is 0.203. The molecule has 1 aliphatic rings. The van der Waals surface area contributed by atoms with Crippen LogP contribution in [0.2, 0.25) is 4.34 Å². The average Bonchev–Trinajstić information content (AvgIpc) is 3.08. The Bertz CT molecular complexity index is 997. The van der Waals surface area contributed by atoms with Crippen molar-refractivity contribution >= 4 is 44.6 Å². The molecular weight excluding hydrogens is 414 g/mol. The zero-order valence-electron chi connectivity index (χ0n) is 14.3. The summed E-state index contributed by atoms with van der Waals surface area (Å²) < 4.78 is 27.1. The second-order valence-corrected chi connectivity index (χ2v) is 9.86. The molecule has 0 bridgehead atoms. The van der Waals surface area contributed by atoms with E-state index in [1.54, 1.807) is 19.1 Å². The van der Waals surface area contributed by atoms with Gasteiger partial charge in [-0.3, -0.25) is 14.9 Å². The van der Waals surface area contributed by atoms with E-state index in [-0.39, 0.29) is 41.6 Å². The maximum atomic E-state index is 12.7. The van der Waals surface area contributed by atoms with E-state index in [1.165, 1.54) is 27.4 Å². The molecule has 0 atom stereocenters. The molecule has 1 fully saturated rings. The molecule has 0 unspecified atom stereocenters. The first-order valence-corrected chi connectivity index (χ1v) is 10.6. The molecule has 0 saturated carbocycles. The third-order valence-corrected chi connectivity index (χ3v) is 7.92. The molecule has 0 radical (unpaired) electrons. The monoisotopic (exact) mass is 429 g/mol. The molecule has 1 saturated heterocycles. The van der Waals surface area contributed by atoms with Gasteiger partial charge in [-0.05, 0) is 25.1 Å². The number of piperazine rings is 1. The summed E-state index contributed by atoms with van der Waals surface area (Å²) in [7, 11) is -3.66. The van der Waals surface area contributed by atoms with Crippen molar-refractivity contribution in [3.05, 3.63) is 55.9 Å². The Hall–Kier alpha value is -2.01. The molecule has 1 aromatic carbocycles. The second-order valence-electron chi connectivity index (χ2n) is 5.98. The predicted molar refractivity (Wildman–Crippen MR) is 102 cm³/mol. The summed E-state index contributed by atoms with van der Waals surface area (Å²) in [5.74, 6) is -0.471. The van der Waals surface area contributed by atoms with E-state index in [4.69, 9.17) is 11.6 Å². The summed E-state index contributed by atoms with van der Waals surface area (Å²) in [6, 6.07) is 7.57. The van der Waals surface area contributed by atoms with E-state index in [9.17, 15) is 23.3 Å². The van der Waals surface area contributed by atoms with Crippen LogP contribution in [0.3, 0.4) is 0 Å². The summed E-state index contributed by atoms with van der Waals surface area (Å²) in [6.07, 6.45) is 0. The highest BCUT2D eigenvalue weighted by Gasteiger charge is 2.33. The number of nitro benzene ring substituents is 1. The largest absolute Gasteiger partial charge is 0.336 e. The number of nitrogens with zero attached hydrogens (tertiary/aromatic N) is 3. The molecule has 1 aliphatic heterocycles. The third kappa shape index (κ3) is 3.84. The molecule has 1 aromatic heterocycles. The minimum absolute atomic E-state index is 0.0151. The Morgan fingerprint density at radius 3 is 2.41 bits per heavy atom.